The summed E-state index contributed by atoms with van der Waals surface area (Å²) in [5.74, 6) is 2.02. The van der Waals surface area contributed by atoms with Gasteiger partial charge in [-0.05, 0) is 37.6 Å². The number of likely N-dealkylation sites (tertiary alicyclic amines) is 1. The first kappa shape index (κ1) is 10.4. The van der Waals surface area contributed by atoms with Crippen LogP contribution >= 0.6 is 0 Å². The van der Waals surface area contributed by atoms with Crippen LogP contribution in [0.1, 0.15) is 38.5 Å². The van der Waals surface area contributed by atoms with E-state index in [2.05, 4.69) is 4.90 Å². The summed E-state index contributed by atoms with van der Waals surface area (Å²) >= 11 is 0. The largest absolute Gasteiger partial charge is 0.396 e. The van der Waals surface area contributed by atoms with Crippen LogP contribution in [0.5, 0.6) is 0 Å². The summed E-state index contributed by atoms with van der Waals surface area (Å²) in [6.45, 7) is 4.05. The van der Waals surface area contributed by atoms with Crippen LogP contribution in [0.25, 0.3) is 0 Å². The number of aliphatic hydroxyl groups is 1. The fourth-order valence-corrected chi connectivity index (χ4v) is 3.17. The summed E-state index contributed by atoms with van der Waals surface area (Å²) in [7, 11) is 0. The first-order valence-corrected chi connectivity index (χ1v) is 6.23. The molecule has 82 valence electrons. The number of nitrogens with zero attached hydrogens (tertiary/aromatic N) is 1. The van der Waals surface area contributed by atoms with Gasteiger partial charge in [0.25, 0.3) is 0 Å². The average Bonchev–Trinajstić information content (AvgIpc) is 2.26. The lowest BCUT2D eigenvalue weighted by atomic mass is 9.75. The van der Waals surface area contributed by atoms with Crippen LogP contribution in [0.4, 0.5) is 0 Å². The van der Waals surface area contributed by atoms with Gasteiger partial charge in [0.2, 0.25) is 0 Å². The van der Waals surface area contributed by atoms with Crippen molar-refractivity contribution >= 4 is 0 Å². The van der Waals surface area contributed by atoms with Gasteiger partial charge in [-0.25, -0.2) is 0 Å². The molecule has 0 aromatic carbocycles. The van der Waals surface area contributed by atoms with E-state index in [1.54, 1.807) is 0 Å². The lowest BCUT2D eigenvalue weighted by Crippen LogP contribution is -2.42. The minimum Gasteiger partial charge on any atom is -0.396 e. The van der Waals surface area contributed by atoms with Crippen molar-refractivity contribution in [3.63, 3.8) is 0 Å². The summed E-state index contributed by atoms with van der Waals surface area (Å²) in [5, 5.41) is 8.80. The zero-order chi connectivity index (χ0) is 9.80. The zero-order valence-corrected chi connectivity index (χ0v) is 9.12. The van der Waals surface area contributed by atoms with Gasteiger partial charge in [-0.15, -0.1) is 0 Å². The predicted molar refractivity (Wildman–Crippen MR) is 58.2 cm³/mol. The highest BCUT2D eigenvalue weighted by Gasteiger charge is 2.30. The Morgan fingerprint density at radius 1 is 1.07 bits per heavy atom. The fraction of sp³-hybridized carbons (Fsp3) is 1.00. The molecule has 2 unspecified atom stereocenters. The SMILES string of the molecule is OCCCN1CCC2CCCCC2C1. The Labute approximate surface area is 87.3 Å². The molecule has 0 aromatic rings. The first-order chi connectivity index (χ1) is 6.90. The van der Waals surface area contributed by atoms with Gasteiger partial charge in [-0.1, -0.05) is 19.3 Å². The molecule has 1 heterocycles. The molecule has 1 saturated carbocycles. The molecule has 1 aliphatic heterocycles. The molecule has 2 heteroatoms. The number of hydrogen-bond donors (Lipinski definition) is 1. The van der Waals surface area contributed by atoms with Gasteiger partial charge in [0.1, 0.15) is 0 Å². The van der Waals surface area contributed by atoms with E-state index in [4.69, 9.17) is 5.11 Å². The summed E-state index contributed by atoms with van der Waals surface area (Å²) in [6.07, 6.45) is 8.24. The Hall–Kier alpha value is -0.0800. The van der Waals surface area contributed by atoms with E-state index in [1.165, 1.54) is 45.2 Å². The molecule has 0 spiro atoms. The number of hydrogen-bond acceptors (Lipinski definition) is 2. The second-order valence-electron chi connectivity index (χ2n) is 4.97. The third-order valence-electron chi connectivity index (χ3n) is 4.01. The highest BCUT2D eigenvalue weighted by atomic mass is 16.3. The predicted octanol–water partition coefficient (Wildman–Crippen LogP) is 1.88. The molecule has 2 aliphatic rings. The fourth-order valence-electron chi connectivity index (χ4n) is 3.17. The third kappa shape index (κ3) is 2.48. The van der Waals surface area contributed by atoms with Gasteiger partial charge in [-0.3, -0.25) is 0 Å². The van der Waals surface area contributed by atoms with E-state index in [9.17, 15) is 0 Å². The summed E-state index contributed by atoms with van der Waals surface area (Å²) < 4.78 is 0. The van der Waals surface area contributed by atoms with Gasteiger partial charge >= 0.3 is 0 Å². The molecule has 0 aromatic heterocycles. The van der Waals surface area contributed by atoms with Crippen molar-refractivity contribution in [2.45, 2.75) is 38.5 Å². The van der Waals surface area contributed by atoms with Crippen LogP contribution in [0.2, 0.25) is 0 Å². The maximum atomic E-state index is 8.80. The van der Waals surface area contributed by atoms with Crippen molar-refractivity contribution in [3.05, 3.63) is 0 Å². The Morgan fingerprint density at radius 2 is 1.86 bits per heavy atom. The quantitative estimate of drug-likeness (QED) is 0.746. The highest BCUT2D eigenvalue weighted by Crippen LogP contribution is 2.35. The van der Waals surface area contributed by atoms with Crippen LogP contribution in [0, 0.1) is 11.8 Å². The standard InChI is InChI=1S/C12H23NO/c14-9-3-7-13-8-6-11-4-1-2-5-12(11)10-13/h11-12,14H,1-10H2. The van der Waals surface area contributed by atoms with E-state index < -0.39 is 0 Å². The van der Waals surface area contributed by atoms with Crippen molar-refractivity contribution in [2.24, 2.45) is 11.8 Å². The van der Waals surface area contributed by atoms with Crippen LogP contribution < -0.4 is 0 Å². The zero-order valence-electron chi connectivity index (χ0n) is 9.12. The highest BCUT2D eigenvalue weighted by molar-refractivity contribution is 4.83. The normalized spacial score (nSPS) is 34.1. The number of piperidine rings is 1. The van der Waals surface area contributed by atoms with E-state index in [1.807, 2.05) is 0 Å². The Balaban J connectivity index is 1.77. The van der Waals surface area contributed by atoms with Crippen molar-refractivity contribution in [1.82, 2.24) is 4.90 Å². The maximum absolute atomic E-state index is 8.80. The van der Waals surface area contributed by atoms with Gasteiger partial charge in [-0.2, -0.15) is 0 Å². The van der Waals surface area contributed by atoms with Crippen molar-refractivity contribution in [3.8, 4) is 0 Å². The minimum atomic E-state index is 0.352. The molecule has 14 heavy (non-hydrogen) atoms. The third-order valence-corrected chi connectivity index (χ3v) is 4.01. The molecule has 2 atom stereocenters. The molecule has 1 aliphatic carbocycles. The second kappa shape index (κ2) is 5.13. The van der Waals surface area contributed by atoms with E-state index in [-0.39, 0.29) is 0 Å². The van der Waals surface area contributed by atoms with Gasteiger partial charge in [0.15, 0.2) is 0 Å². The lowest BCUT2D eigenvalue weighted by Gasteiger charge is -2.41. The van der Waals surface area contributed by atoms with Crippen molar-refractivity contribution in [1.29, 1.82) is 0 Å². The topological polar surface area (TPSA) is 23.5 Å². The van der Waals surface area contributed by atoms with Crippen LogP contribution in [-0.4, -0.2) is 36.2 Å². The van der Waals surface area contributed by atoms with E-state index >= 15 is 0 Å². The van der Waals surface area contributed by atoms with Crippen molar-refractivity contribution < 1.29 is 5.11 Å². The Bertz CT molecular complexity index is 172. The number of fused-ring (bicyclic) bond motifs is 1. The molecular formula is C12H23NO. The summed E-state index contributed by atoms with van der Waals surface area (Å²) in [6, 6.07) is 0. The molecule has 1 saturated heterocycles. The van der Waals surface area contributed by atoms with Gasteiger partial charge < -0.3 is 10.0 Å². The average molecular weight is 197 g/mol. The monoisotopic (exact) mass is 197 g/mol. The van der Waals surface area contributed by atoms with E-state index in [0.717, 1.165) is 24.8 Å². The molecule has 0 radical (unpaired) electrons. The minimum absolute atomic E-state index is 0.352. The van der Waals surface area contributed by atoms with Crippen LogP contribution in [0.15, 0.2) is 0 Å². The van der Waals surface area contributed by atoms with Gasteiger partial charge in [0, 0.05) is 19.7 Å². The molecule has 2 fully saturated rings. The number of aliphatic hydroxyl groups excluding tert-OH is 1. The van der Waals surface area contributed by atoms with Crippen molar-refractivity contribution in [2.75, 3.05) is 26.2 Å². The Morgan fingerprint density at radius 3 is 2.64 bits per heavy atom. The molecule has 2 nitrogen and oxygen atoms in total. The summed E-state index contributed by atoms with van der Waals surface area (Å²) in [4.78, 5) is 2.56. The maximum Gasteiger partial charge on any atom is 0.0443 e. The second-order valence-corrected chi connectivity index (χ2v) is 4.97. The summed E-state index contributed by atoms with van der Waals surface area (Å²) in [5.41, 5.74) is 0. The molecule has 0 amide bonds. The van der Waals surface area contributed by atoms with Crippen LogP contribution in [-0.2, 0) is 0 Å². The van der Waals surface area contributed by atoms with Gasteiger partial charge in [0.05, 0.1) is 0 Å². The Kier molecular flexibility index (Phi) is 3.82. The lowest BCUT2D eigenvalue weighted by molar-refractivity contribution is 0.0820. The number of rotatable bonds is 3. The molecule has 0 bridgehead atoms. The first-order valence-electron chi connectivity index (χ1n) is 6.23. The molecule has 2 rings (SSSR count). The molecule has 1 N–H and O–H groups in total. The molecular weight excluding hydrogens is 174 g/mol. The smallest absolute Gasteiger partial charge is 0.0443 e. The van der Waals surface area contributed by atoms with E-state index in [0.29, 0.717) is 6.61 Å². The van der Waals surface area contributed by atoms with Crippen LogP contribution in [0.3, 0.4) is 0 Å².